The normalized spacial score (nSPS) is 12.0. The van der Waals surface area contributed by atoms with Gasteiger partial charge in [-0.25, -0.2) is 9.37 Å². The number of halogens is 2. The Hall–Kier alpha value is -3.32. The van der Waals surface area contributed by atoms with Gasteiger partial charge in [-0.15, -0.1) is 0 Å². The van der Waals surface area contributed by atoms with E-state index < -0.39 is 17.8 Å². The van der Waals surface area contributed by atoms with E-state index in [1.807, 2.05) is 37.3 Å². The maximum absolute atomic E-state index is 14.3. The highest BCUT2D eigenvalue weighted by molar-refractivity contribution is 9.10. The van der Waals surface area contributed by atoms with Crippen molar-refractivity contribution in [1.29, 1.82) is 0 Å². The van der Waals surface area contributed by atoms with Crippen molar-refractivity contribution in [2.45, 2.75) is 19.4 Å². The summed E-state index contributed by atoms with van der Waals surface area (Å²) in [4.78, 5) is 32.9. The molecule has 0 radical (unpaired) electrons. The van der Waals surface area contributed by atoms with Gasteiger partial charge in [0, 0.05) is 11.5 Å². The molecule has 1 aromatic heterocycles. The molecule has 0 N–H and O–H groups in total. The first kappa shape index (κ1) is 21.9. The predicted molar refractivity (Wildman–Crippen MR) is 127 cm³/mol. The summed E-state index contributed by atoms with van der Waals surface area (Å²) in [5.74, 6) is -0.638. The van der Waals surface area contributed by atoms with Gasteiger partial charge in [-0.2, -0.15) is 0 Å². The van der Waals surface area contributed by atoms with Crippen LogP contribution in [0.15, 0.2) is 82.1 Å². The number of benzene rings is 3. The highest BCUT2D eigenvalue weighted by atomic mass is 79.9. The zero-order valence-corrected chi connectivity index (χ0v) is 19.2. The Morgan fingerprint density at radius 1 is 1.06 bits per heavy atom. The summed E-state index contributed by atoms with van der Waals surface area (Å²) in [5.41, 5.74) is 0.938. The largest absolute Gasteiger partial charge is 0.331 e. The molecular weight excluding hydrogens is 473 g/mol. The molecule has 7 heteroatoms. The zero-order valence-electron chi connectivity index (χ0n) is 17.6. The van der Waals surface area contributed by atoms with Crippen molar-refractivity contribution in [1.82, 2.24) is 14.5 Å². The molecule has 4 rings (SSSR count). The summed E-state index contributed by atoms with van der Waals surface area (Å²) in [6.45, 7) is 1.91. The predicted octanol–water partition coefficient (Wildman–Crippen LogP) is 5.51. The third-order valence-electron chi connectivity index (χ3n) is 5.46. The van der Waals surface area contributed by atoms with E-state index in [-0.39, 0.29) is 11.1 Å². The molecule has 0 bridgehead atoms. The summed E-state index contributed by atoms with van der Waals surface area (Å²) in [6.07, 6.45) is 0.484. The Labute approximate surface area is 193 Å². The monoisotopic (exact) mass is 493 g/mol. The lowest BCUT2D eigenvalue weighted by atomic mass is 10.1. The minimum absolute atomic E-state index is 0.0215. The second-order valence-corrected chi connectivity index (χ2v) is 8.34. The second-order valence-electron chi connectivity index (χ2n) is 7.42. The molecule has 0 saturated heterocycles. The summed E-state index contributed by atoms with van der Waals surface area (Å²) < 4.78 is 16.7. The SMILES string of the molecule is CCC(c1nc2ccccc2c(=O)n1-c1ccc(Br)cc1)N(C)C(=O)c1ccccc1F. The van der Waals surface area contributed by atoms with Crippen molar-refractivity contribution < 1.29 is 9.18 Å². The molecule has 32 heavy (non-hydrogen) atoms. The average molecular weight is 494 g/mol. The van der Waals surface area contributed by atoms with E-state index in [0.29, 0.717) is 28.8 Å². The quantitative estimate of drug-likeness (QED) is 0.368. The molecule has 0 aliphatic rings. The van der Waals surface area contributed by atoms with Crippen LogP contribution in [0.3, 0.4) is 0 Å². The van der Waals surface area contributed by atoms with Gasteiger partial charge in [-0.1, -0.05) is 47.1 Å². The van der Waals surface area contributed by atoms with Crippen LogP contribution in [0.1, 0.15) is 35.6 Å². The second kappa shape index (κ2) is 9.04. The van der Waals surface area contributed by atoms with E-state index in [1.165, 1.54) is 21.6 Å². The Morgan fingerprint density at radius 2 is 1.72 bits per heavy atom. The fourth-order valence-electron chi connectivity index (χ4n) is 3.81. The van der Waals surface area contributed by atoms with Gasteiger partial charge in [0.25, 0.3) is 11.5 Å². The fraction of sp³-hybridized carbons (Fsp3) is 0.160. The number of rotatable bonds is 5. The van der Waals surface area contributed by atoms with Crippen molar-refractivity contribution in [3.63, 3.8) is 0 Å². The molecule has 1 amide bonds. The number of nitrogens with zero attached hydrogens (tertiary/aromatic N) is 3. The van der Waals surface area contributed by atoms with Crippen LogP contribution in [0.25, 0.3) is 16.6 Å². The average Bonchev–Trinajstić information content (AvgIpc) is 2.80. The fourth-order valence-corrected chi connectivity index (χ4v) is 4.07. The van der Waals surface area contributed by atoms with Crippen LogP contribution >= 0.6 is 15.9 Å². The number of aromatic nitrogens is 2. The molecule has 4 aromatic rings. The lowest BCUT2D eigenvalue weighted by Crippen LogP contribution is -2.36. The van der Waals surface area contributed by atoms with Crippen molar-refractivity contribution in [3.8, 4) is 5.69 Å². The molecule has 162 valence electrons. The molecule has 0 saturated carbocycles. The third-order valence-corrected chi connectivity index (χ3v) is 5.99. The molecule has 1 atom stereocenters. The van der Waals surface area contributed by atoms with Crippen molar-refractivity contribution in [3.05, 3.63) is 105 Å². The Balaban J connectivity index is 1.92. The maximum atomic E-state index is 14.3. The third kappa shape index (κ3) is 3.96. The first-order valence-electron chi connectivity index (χ1n) is 10.2. The van der Waals surface area contributed by atoms with Gasteiger partial charge in [0.15, 0.2) is 0 Å². The highest BCUT2D eigenvalue weighted by Crippen LogP contribution is 2.27. The van der Waals surface area contributed by atoms with E-state index in [4.69, 9.17) is 4.98 Å². The molecule has 1 unspecified atom stereocenters. The van der Waals surface area contributed by atoms with Crippen LogP contribution in [0.2, 0.25) is 0 Å². The number of carbonyl (C=O) groups is 1. The number of hydrogen-bond donors (Lipinski definition) is 0. The van der Waals surface area contributed by atoms with Gasteiger partial charge in [-0.05, 0) is 55.0 Å². The summed E-state index contributed by atoms with van der Waals surface area (Å²) >= 11 is 3.42. The van der Waals surface area contributed by atoms with Gasteiger partial charge in [0.2, 0.25) is 0 Å². The van der Waals surface area contributed by atoms with Gasteiger partial charge < -0.3 is 4.90 Å². The van der Waals surface area contributed by atoms with E-state index in [1.54, 1.807) is 37.4 Å². The maximum Gasteiger partial charge on any atom is 0.266 e. The first-order valence-corrected chi connectivity index (χ1v) is 11.0. The Morgan fingerprint density at radius 3 is 2.41 bits per heavy atom. The summed E-state index contributed by atoms with van der Waals surface area (Å²) in [6, 6.07) is 19.8. The smallest absolute Gasteiger partial charge is 0.266 e. The molecule has 5 nitrogen and oxygen atoms in total. The molecule has 1 heterocycles. The zero-order chi connectivity index (χ0) is 22.8. The number of amides is 1. The molecule has 0 aliphatic carbocycles. The number of fused-ring (bicyclic) bond motifs is 1. The van der Waals surface area contributed by atoms with Crippen molar-refractivity contribution >= 4 is 32.7 Å². The minimum Gasteiger partial charge on any atom is -0.331 e. The van der Waals surface area contributed by atoms with Gasteiger partial charge in [0.1, 0.15) is 11.6 Å². The Bertz CT molecular complexity index is 1350. The number of carbonyl (C=O) groups excluding carboxylic acids is 1. The van der Waals surface area contributed by atoms with Crippen molar-refractivity contribution in [2.24, 2.45) is 0 Å². The number of hydrogen-bond acceptors (Lipinski definition) is 3. The Kier molecular flexibility index (Phi) is 6.19. The first-order chi connectivity index (χ1) is 15.4. The summed E-state index contributed by atoms with van der Waals surface area (Å²) in [7, 11) is 1.61. The minimum atomic E-state index is -0.587. The van der Waals surface area contributed by atoms with Crippen LogP contribution in [0.4, 0.5) is 4.39 Å². The molecular formula is C25H21BrFN3O2. The molecule has 0 spiro atoms. The van der Waals surface area contributed by atoms with Gasteiger partial charge in [-0.3, -0.25) is 14.2 Å². The van der Waals surface area contributed by atoms with E-state index in [0.717, 1.165) is 4.47 Å². The van der Waals surface area contributed by atoms with Crippen LogP contribution in [0, 0.1) is 5.82 Å². The van der Waals surface area contributed by atoms with E-state index >= 15 is 0 Å². The lowest BCUT2D eigenvalue weighted by Gasteiger charge is -2.29. The van der Waals surface area contributed by atoms with E-state index in [2.05, 4.69) is 15.9 Å². The van der Waals surface area contributed by atoms with Gasteiger partial charge >= 0.3 is 0 Å². The summed E-state index contributed by atoms with van der Waals surface area (Å²) in [5, 5.41) is 0.483. The lowest BCUT2D eigenvalue weighted by molar-refractivity contribution is 0.0712. The molecule has 3 aromatic carbocycles. The van der Waals surface area contributed by atoms with Crippen LogP contribution in [0.5, 0.6) is 0 Å². The van der Waals surface area contributed by atoms with Crippen molar-refractivity contribution in [2.75, 3.05) is 7.05 Å². The van der Waals surface area contributed by atoms with Crippen LogP contribution in [-0.4, -0.2) is 27.4 Å². The highest BCUT2D eigenvalue weighted by Gasteiger charge is 2.28. The van der Waals surface area contributed by atoms with Crippen LogP contribution < -0.4 is 5.56 Å². The number of para-hydroxylation sites is 1. The molecule has 0 fully saturated rings. The van der Waals surface area contributed by atoms with E-state index in [9.17, 15) is 14.0 Å². The van der Waals surface area contributed by atoms with Crippen LogP contribution in [-0.2, 0) is 0 Å². The standard InChI is InChI=1S/C25H21BrFN3O2/c1-3-22(29(2)24(31)18-8-4-6-10-20(18)27)23-28-21-11-7-5-9-19(21)25(32)30(23)17-14-12-16(26)13-15-17/h4-15,22H,3H2,1-2H3. The topological polar surface area (TPSA) is 55.2 Å². The van der Waals surface area contributed by atoms with Gasteiger partial charge in [0.05, 0.1) is 28.2 Å². The molecule has 0 aliphatic heterocycles.